The molecule has 2 amide bonds. The van der Waals surface area contributed by atoms with Gasteiger partial charge in [-0.2, -0.15) is 0 Å². The third-order valence-corrected chi connectivity index (χ3v) is 2.46. The molecule has 0 fully saturated rings. The molecule has 0 rings (SSSR count). The molecule has 7 heteroatoms. The number of carbonyl (C=O) groups excluding carboxylic acids is 1. The molecular formula is C12H24N2O5. The maximum Gasteiger partial charge on any atom is 0.317 e. The van der Waals surface area contributed by atoms with Crippen molar-refractivity contribution < 1.29 is 24.5 Å². The molecule has 0 aromatic rings. The molecule has 0 aromatic carbocycles. The van der Waals surface area contributed by atoms with Crippen molar-refractivity contribution in [2.75, 3.05) is 26.7 Å². The molecule has 19 heavy (non-hydrogen) atoms. The summed E-state index contributed by atoms with van der Waals surface area (Å²) < 4.78 is 4.96. The second-order valence-electron chi connectivity index (χ2n) is 4.97. The highest BCUT2D eigenvalue weighted by Gasteiger charge is 2.22. The molecular weight excluding hydrogens is 252 g/mol. The van der Waals surface area contributed by atoms with Crippen molar-refractivity contribution in [2.45, 2.75) is 38.9 Å². The Hall–Kier alpha value is -1.34. The predicted octanol–water partition coefficient (Wildman–Crippen LogP) is 0.279. The highest BCUT2D eigenvalue weighted by atomic mass is 16.5. The Morgan fingerprint density at radius 1 is 1.42 bits per heavy atom. The number of aliphatic hydroxyl groups is 1. The Labute approximate surface area is 113 Å². The number of carboxylic acid groups (broad SMARTS) is 1. The second-order valence-corrected chi connectivity index (χ2v) is 4.97. The smallest absolute Gasteiger partial charge is 0.317 e. The molecule has 3 N–H and O–H groups in total. The maximum absolute atomic E-state index is 11.9. The van der Waals surface area contributed by atoms with Crippen LogP contribution < -0.4 is 5.32 Å². The normalized spacial score (nSPS) is 12.9. The number of urea groups is 1. The van der Waals surface area contributed by atoms with Gasteiger partial charge in [0.25, 0.3) is 0 Å². The number of aliphatic carboxylic acids is 1. The van der Waals surface area contributed by atoms with Crippen LogP contribution in [0.15, 0.2) is 0 Å². The van der Waals surface area contributed by atoms with Crippen LogP contribution in [0.1, 0.15) is 27.2 Å². The number of ether oxygens (including phenoxy) is 1. The van der Waals surface area contributed by atoms with Crippen molar-refractivity contribution in [1.82, 2.24) is 10.2 Å². The van der Waals surface area contributed by atoms with Crippen LogP contribution in [0.2, 0.25) is 0 Å². The van der Waals surface area contributed by atoms with E-state index in [4.69, 9.17) is 9.84 Å². The zero-order chi connectivity index (χ0) is 15.1. The first-order chi connectivity index (χ1) is 8.69. The molecule has 0 radical (unpaired) electrons. The summed E-state index contributed by atoms with van der Waals surface area (Å²) in [4.78, 5) is 23.9. The van der Waals surface area contributed by atoms with Crippen LogP contribution in [0.5, 0.6) is 0 Å². The van der Waals surface area contributed by atoms with Crippen LogP contribution in [-0.4, -0.2) is 65.6 Å². The molecule has 0 aliphatic heterocycles. The molecule has 0 heterocycles. The summed E-state index contributed by atoms with van der Waals surface area (Å²) >= 11 is 0. The maximum atomic E-state index is 11.9. The fourth-order valence-electron chi connectivity index (χ4n) is 1.54. The fraction of sp³-hybridized carbons (Fsp3) is 0.833. The number of hydrogen-bond donors (Lipinski definition) is 3. The van der Waals surface area contributed by atoms with Crippen LogP contribution in [0.4, 0.5) is 4.79 Å². The minimum absolute atomic E-state index is 0.115. The van der Waals surface area contributed by atoms with Gasteiger partial charge in [0, 0.05) is 20.2 Å². The minimum atomic E-state index is -0.982. The summed E-state index contributed by atoms with van der Waals surface area (Å²) in [6.45, 7) is 5.80. The Balaban J connectivity index is 4.29. The third-order valence-electron chi connectivity index (χ3n) is 2.46. The monoisotopic (exact) mass is 276 g/mol. The number of nitrogens with one attached hydrogen (secondary N) is 1. The standard InChI is InChI=1S/C12H24N2O5/c1-5-14(8-12(2,3)18)11(17)13-7-9(19-4)6-10(15)16/h9,18H,5-8H2,1-4H3,(H,13,17)(H,15,16). The Morgan fingerprint density at radius 3 is 2.37 bits per heavy atom. The van der Waals surface area contributed by atoms with Gasteiger partial charge in [-0.1, -0.05) is 0 Å². The number of nitrogens with zero attached hydrogens (tertiary/aromatic N) is 1. The highest BCUT2D eigenvalue weighted by Crippen LogP contribution is 2.05. The van der Waals surface area contributed by atoms with E-state index in [0.29, 0.717) is 6.54 Å². The Morgan fingerprint density at radius 2 is 2.00 bits per heavy atom. The molecule has 0 saturated heterocycles. The van der Waals surface area contributed by atoms with Crippen molar-refractivity contribution in [3.05, 3.63) is 0 Å². The molecule has 0 aromatic heterocycles. The van der Waals surface area contributed by atoms with Gasteiger partial charge in [-0.3, -0.25) is 4.79 Å². The van der Waals surface area contributed by atoms with E-state index in [9.17, 15) is 14.7 Å². The topological polar surface area (TPSA) is 99.1 Å². The van der Waals surface area contributed by atoms with Gasteiger partial charge in [0.1, 0.15) is 0 Å². The summed E-state index contributed by atoms with van der Waals surface area (Å²) in [5.74, 6) is -0.982. The summed E-state index contributed by atoms with van der Waals surface area (Å²) in [6, 6.07) is -0.350. The van der Waals surface area contributed by atoms with E-state index in [1.807, 2.05) is 0 Å². The molecule has 0 aliphatic rings. The first-order valence-electron chi connectivity index (χ1n) is 6.19. The van der Waals surface area contributed by atoms with E-state index < -0.39 is 17.7 Å². The van der Waals surface area contributed by atoms with E-state index in [1.165, 1.54) is 12.0 Å². The number of rotatable bonds is 8. The van der Waals surface area contributed by atoms with Gasteiger partial charge in [0.05, 0.1) is 24.7 Å². The molecule has 0 aliphatic carbocycles. The van der Waals surface area contributed by atoms with E-state index in [-0.39, 0.29) is 25.5 Å². The van der Waals surface area contributed by atoms with Crippen LogP contribution in [0.3, 0.4) is 0 Å². The van der Waals surface area contributed by atoms with Gasteiger partial charge >= 0.3 is 12.0 Å². The van der Waals surface area contributed by atoms with Crippen molar-refractivity contribution in [2.24, 2.45) is 0 Å². The fourth-order valence-corrected chi connectivity index (χ4v) is 1.54. The zero-order valence-electron chi connectivity index (χ0n) is 12.0. The van der Waals surface area contributed by atoms with E-state index in [1.54, 1.807) is 20.8 Å². The van der Waals surface area contributed by atoms with Gasteiger partial charge in [-0.25, -0.2) is 4.79 Å². The summed E-state index contributed by atoms with van der Waals surface area (Å²) in [5, 5.41) is 20.9. The zero-order valence-corrected chi connectivity index (χ0v) is 12.0. The van der Waals surface area contributed by atoms with Crippen LogP contribution >= 0.6 is 0 Å². The summed E-state index contributed by atoms with van der Waals surface area (Å²) in [6.07, 6.45) is -0.740. The van der Waals surface area contributed by atoms with E-state index in [2.05, 4.69) is 5.32 Å². The lowest BCUT2D eigenvalue weighted by atomic mass is 10.1. The molecule has 0 spiro atoms. The van der Waals surface area contributed by atoms with Crippen LogP contribution in [0.25, 0.3) is 0 Å². The Bertz CT molecular complexity index is 301. The average molecular weight is 276 g/mol. The van der Waals surface area contributed by atoms with E-state index >= 15 is 0 Å². The van der Waals surface area contributed by atoms with Gasteiger partial charge in [0.15, 0.2) is 0 Å². The summed E-state index contributed by atoms with van der Waals surface area (Å²) in [7, 11) is 1.40. The third kappa shape index (κ3) is 8.39. The van der Waals surface area contributed by atoms with Gasteiger partial charge in [0.2, 0.25) is 0 Å². The largest absolute Gasteiger partial charge is 0.481 e. The Kier molecular flexibility index (Phi) is 7.40. The number of carbonyl (C=O) groups is 2. The summed E-state index contributed by atoms with van der Waals surface area (Å²) in [5.41, 5.74) is -0.977. The lowest BCUT2D eigenvalue weighted by Gasteiger charge is -2.28. The highest BCUT2D eigenvalue weighted by molar-refractivity contribution is 5.74. The number of amides is 2. The first-order valence-corrected chi connectivity index (χ1v) is 6.19. The van der Waals surface area contributed by atoms with Gasteiger partial charge < -0.3 is 25.2 Å². The predicted molar refractivity (Wildman–Crippen MR) is 70.0 cm³/mol. The first kappa shape index (κ1) is 17.7. The average Bonchev–Trinajstić information content (AvgIpc) is 2.29. The van der Waals surface area contributed by atoms with Crippen LogP contribution in [0, 0.1) is 0 Å². The SMILES string of the molecule is CCN(CC(C)(C)O)C(=O)NCC(CC(=O)O)OC. The van der Waals surface area contributed by atoms with Gasteiger partial charge in [-0.15, -0.1) is 0 Å². The molecule has 1 unspecified atom stereocenters. The number of methoxy groups -OCH3 is 1. The van der Waals surface area contributed by atoms with Crippen molar-refractivity contribution >= 4 is 12.0 Å². The number of carboxylic acids is 1. The molecule has 112 valence electrons. The minimum Gasteiger partial charge on any atom is -0.481 e. The molecule has 7 nitrogen and oxygen atoms in total. The van der Waals surface area contributed by atoms with Crippen molar-refractivity contribution in [3.63, 3.8) is 0 Å². The molecule has 0 saturated carbocycles. The lowest BCUT2D eigenvalue weighted by molar-refractivity contribution is -0.139. The van der Waals surface area contributed by atoms with Gasteiger partial charge in [-0.05, 0) is 20.8 Å². The number of likely N-dealkylation sites (N-methyl/N-ethyl adjacent to an activating group) is 1. The van der Waals surface area contributed by atoms with E-state index in [0.717, 1.165) is 0 Å². The molecule has 0 bridgehead atoms. The molecule has 1 atom stereocenters. The van der Waals surface area contributed by atoms with Crippen molar-refractivity contribution in [3.8, 4) is 0 Å². The lowest BCUT2D eigenvalue weighted by Crippen LogP contribution is -2.48. The quantitative estimate of drug-likeness (QED) is 0.591. The van der Waals surface area contributed by atoms with Crippen molar-refractivity contribution in [1.29, 1.82) is 0 Å². The number of hydrogen-bond acceptors (Lipinski definition) is 4. The van der Waals surface area contributed by atoms with Crippen LogP contribution in [-0.2, 0) is 9.53 Å². The second kappa shape index (κ2) is 7.96.